The molecule has 5 heteroatoms. The number of likely N-dealkylation sites (tertiary alicyclic amines) is 1. The molecule has 0 unspecified atom stereocenters. The van der Waals surface area contributed by atoms with Crippen molar-refractivity contribution in [2.75, 3.05) is 25.4 Å². The molecule has 0 atom stereocenters. The van der Waals surface area contributed by atoms with Gasteiger partial charge in [0.2, 0.25) is 9.05 Å². The molecule has 0 saturated carbocycles. The van der Waals surface area contributed by atoms with E-state index in [1.807, 2.05) is 0 Å². The van der Waals surface area contributed by atoms with Gasteiger partial charge in [0.25, 0.3) is 0 Å². The zero-order valence-electron chi connectivity index (χ0n) is 8.79. The highest BCUT2D eigenvalue weighted by Gasteiger charge is 2.28. The zero-order chi connectivity index (χ0) is 10.8. The Bertz CT molecular complexity index is 287. The molecule has 0 radical (unpaired) electrons. The minimum atomic E-state index is -3.30. The topological polar surface area (TPSA) is 37.4 Å². The maximum Gasteiger partial charge on any atom is 0.232 e. The molecule has 0 aliphatic carbocycles. The maximum atomic E-state index is 10.7. The Morgan fingerprint density at radius 1 is 1.43 bits per heavy atom. The summed E-state index contributed by atoms with van der Waals surface area (Å²) >= 11 is 0. The van der Waals surface area contributed by atoms with Crippen molar-refractivity contribution in [3.05, 3.63) is 0 Å². The van der Waals surface area contributed by atoms with Crippen LogP contribution in [0.15, 0.2) is 0 Å². The molecule has 0 aromatic heterocycles. The molecule has 1 aliphatic heterocycles. The predicted octanol–water partition coefficient (Wildman–Crippen LogP) is 1.68. The van der Waals surface area contributed by atoms with E-state index in [2.05, 4.69) is 18.7 Å². The third-order valence-electron chi connectivity index (χ3n) is 2.62. The number of hydrogen-bond acceptors (Lipinski definition) is 3. The van der Waals surface area contributed by atoms with Crippen LogP contribution in [0.25, 0.3) is 0 Å². The maximum absolute atomic E-state index is 10.7. The van der Waals surface area contributed by atoms with Crippen LogP contribution < -0.4 is 0 Å². The van der Waals surface area contributed by atoms with Crippen LogP contribution in [0, 0.1) is 5.41 Å². The SMILES string of the molecule is CC1(C)CCN(CCCS(=O)(=O)Cl)C1. The van der Waals surface area contributed by atoms with Crippen molar-refractivity contribution < 1.29 is 8.42 Å². The molecule has 0 aromatic carbocycles. The first kappa shape index (κ1) is 12.3. The summed E-state index contributed by atoms with van der Waals surface area (Å²) in [5.74, 6) is 0.0888. The zero-order valence-corrected chi connectivity index (χ0v) is 10.4. The molecule has 1 saturated heterocycles. The lowest BCUT2D eigenvalue weighted by Gasteiger charge is -2.19. The highest BCUT2D eigenvalue weighted by Crippen LogP contribution is 2.28. The van der Waals surface area contributed by atoms with Crippen molar-refractivity contribution in [3.63, 3.8) is 0 Å². The quantitative estimate of drug-likeness (QED) is 0.701. The van der Waals surface area contributed by atoms with E-state index in [9.17, 15) is 8.42 Å². The standard InChI is InChI=1S/C9H18ClNO2S/c1-9(2)4-6-11(8-9)5-3-7-14(10,12)13/h3-8H2,1-2H3. The van der Waals surface area contributed by atoms with E-state index >= 15 is 0 Å². The van der Waals surface area contributed by atoms with E-state index in [0.29, 0.717) is 11.8 Å². The molecule has 1 rings (SSSR count). The molecule has 1 fully saturated rings. The average molecular weight is 240 g/mol. The molecule has 0 bridgehead atoms. The number of nitrogens with zero attached hydrogens (tertiary/aromatic N) is 1. The van der Waals surface area contributed by atoms with E-state index in [-0.39, 0.29) is 5.75 Å². The van der Waals surface area contributed by atoms with Gasteiger partial charge in [0, 0.05) is 17.2 Å². The molecule has 3 nitrogen and oxygen atoms in total. The van der Waals surface area contributed by atoms with Gasteiger partial charge in [-0.2, -0.15) is 0 Å². The summed E-state index contributed by atoms with van der Waals surface area (Å²) in [5, 5.41) is 0. The Morgan fingerprint density at radius 3 is 2.50 bits per heavy atom. The summed E-state index contributed by atoms with van der Waals surface area (Å²) in [6.45, 7) is 7.47. The van der Waals surface area contributed by atoms with Crippen LogP contribution in [0.5, 0.6) is 0 Å². The summed E-state index contributed by atoms with van der Waals surface area (Å²) in [6.07, 6.45) is 1.84. The molecule has 0 N–H and O–H groups in total. The van der Waals surface area contributed by atoms with E-state index in [1.165, 1.54) is 6.42 Å². The first-order valence-electron chi connectivity index (χ1n) is 4.93. The van der Waals surface area contributed by atoms with Gasteiger partial charge >= 0.3 is 0 Å². The number of hydrogen-bond donors (Lipinski definition) is 0. The highest BCUT2D eigenvalue weighted by atomic mass is 35.7. The predicted molar refractivity (Wildman–Crippen MR) is 59.1 cm³/mol. The van der Waals surface area contributed by atoms with E-state index in [4.69, 9.17) is 10.7 Å². The lowest BCUT2D eigenvalue weighted by atomic mass is 9.93. The van der Waals surface area contributed by atoms with Crippen LogP contribution in [0.4, 0.5) is 0 Å². The molecule has 1 aliphatic rings. The van der Waals surface area contributed by atoms with Gasteiger partial charge in [-0.15, -0.1) is 0 Å². The normalized spacial score (nSPS) is 22.8. The second-order valence-corrected chi connectivity index (χ2v) is 7.68. The second kappa shape index (κ2) is 4.37. The van der Waals surface area contributed by atoms with E-state index in [0.717, 1.165) is 19.6 Å². The molecule has 84 valence electrons. The van der Waals surface area contributed by atoms with Crippen molar-refractivity contribution in [3.8, 4) is 0 Å². The van der Waals surface area contributed by atoms with Crippen LogP contribution in [-0.2, 0) is 9.05 Å². The van der Waals surface area contributed by atoms with E-state index < -0.39 is 9.05 Å². The van der Waals surface area contributed by atoms with Gasteiger partial charge in [0.1, 0.15) is 0 Å². The average Bonchev–Trinajstić information content (AvgIpc) is 2.27. The highest BCUT2D eigenvalue weighted by molar-refractivity contribution is 8.13. The Balaban J connectivity index is 2.22. The first-order chi connectivity index (χ1) is 6.29. The van der Waals surface area contributed by atoms with Crippen LogP contribution in [-0.4, -0.2) is 38.7 Å². The van der Waals surface area contributed by atoms with Gasteiger partial charge in [-0.3, -0.25) is 0 Å². The Labute approximate surface area is 90.8 Å². The second-order valence-electron chi connectivity index (χ2n) is 4.79. The van der Waals surface area contributed by atoms with Crippen molar-refractivity contribution >= 4 is 19.7 Å². The van der Waals surface area contributed by atoms with Crippen LogP contribution >= 0.6 is 10.7 Å². The van der Waals surface area contributed by atoms with Crippen molar-refractivity contribution in [2.24, 2.45) is 5.41 Å². The molecule has 0 spiro atoms. The molecule has 0 amide bonds. The monoisotopic (exact) mass is 239 g/mol. The lowest BCUT2D eigenvalue weighted by Crippen LogP contribution is -2.25. The molecular weight excluding hydrogens is 222 g/mol. The van der Waals surface area contributed by atoms with Gasteiger partial charge in [0.05, 0.1) is 5.75 Å². The molecule has 1 heterocycles. The first-order valence-corrected chi connectivity index (χ1v) is 7.41. The third-order valence-corrected chi connectivity index (χ3v) is 3.86. The van der Waals surface area contributed by atoms with Gasteiger partial charge in [0.15, 0.2) is 0 Å². The van der Waals surface area contributed by atoms with Crippen LogP contribution in [0.1, 0.15) is 26.7 Å². The largest absolute Gasteiger partial charge is 0.303 e. The third kappa shape index (κ3) is 4.62. The fourth-order valence-corrected chi connectivity index (χ4v) is 2.68. The molecule has 0 aromatic rings. The van der Waals surface area contributed by atoms with Crippen molar-refractivity contribution in [2.45, 2.75) is 26.7 Å². The van der Waals surface area contributed by atoms with Crippen LogP contribution in [0.2, 0.25) is 0 Å². The Hall–Kier alpha value is 0.200. The minimum Gasteiger partial charge on any atom is -0.303 e. The van der Waals surface area contributed by atoms with E-state index in [1.54, 1.807) is 0 Å². The summed E-state index contributed by atoms with van der Waals surface area (Å²) in [4.78, 5) is 2.31. The summed E-state index contributed by atoms with van der Waals surface area (Å²) < 4.78 is 21.4. The summed E-state index contributed by atoms with van der Waals surface area (Å²) in [7, 11) is 1.83. The Morgan fingerprint density at radius 2 is 2.07 bits per heavy atom. The van der Waals surface area contributed by atoms with Gasteiger partial charge in [-0.1, -0.05) is 13.8 Å². The smallest absolute Gasteiger partial charge is 0.232 e. The van der Waals surface area contributed by atoms with Gasteiger partial charge in [-0.05, 0) is 31.3 Å². The lowest BCUT2D eigenvalue weighted by molar-refractivity contribution is 0.292. The molecule has 14 heavy (non-hydrogen) atoms. The van der Waals surface area contributed by atoms with Crippen molar-refractivity contribution in [1.82, 2.24) is 4.90 Å². The van der Waals surface area contributed by atoms with Crippen molar-refractivity contribution in [1.29, 1.82) is 0 Å². The number of halogens is 1. The minimum absolute atomic E-state index is 0.0888. The summed E-state index contributed by atoms with van der Waals surface area (Å²) in [5.41, 5.74) is 0.389. The van der Waals surface area contributed by atoms with Gasteiger partial charge < -0.3 is 4.90 Å². The van der Waals surface area contributed by atoms with Crippen LogP contribution in [0.3, 0.4) is 0 Å². The summed E-state index contributed by atoms with van der Waals surface area (Å²) in [6, 6.07) is 0. The fraction of sp³-hybridized carbons (Fsp3) is 1.00. The Kier molecular flexibility index (Phi) is 3.83. The molecular formula is C9H18ClNO2S. The fourth-order valence-electron chi connectivity index (χ4n) is 1.88. The number of rotatable bonds is 4. The van der Waals surface area contributed by atoms with Gasteiger partial charge in [-0.25, -0.2) is 8.42 Å².